The van der Waals surface area contributed by atoms with Gasteiger partial charge >= 0.3 is 6.18 Å². The average molecular weight is 604 g/mol. The molecule has 4 rings (SSSR count). The lowest BCUT2D eigenvalue weighted by Gasteiger charge is -2.27. The Morgan fingerprint density at radius 1 is 1.17 bits per heavy atom. The van der Waals surface area contributed by atoms with E-state index in [2.05, 4.69) is 20.6 Å². The van der Waals surface area contributed by atoms with Crippen LogP contribution in [-0.4, -0.2) is 79.9 Å². The van der Waals surface area contributed by atoms with Gasteiger partial charge in [-0.25, -0.2) is 13.8 Å². The van der Waals surface area contributed by atoms with Gasteiger partial charge in [0.05, 0.1) is 16.7 Å². The summed E-state index contributed by atoms with van der Waals surface area (Å²) >= 11 is 5.54. The van der Waals surface area contributed by atoms with Gasteiger partial charge < -0.3 is 20.6 Å². The van der Waals surface area contributed by atoms with Gasteiger partial charge in [0.2, 0.25) is 0 Å². The number of carbonyl (C=O) groups is 2. The van der Waals surface area contributed by atoms with Gasteiger partial charge in [0.1, 0.15) is 11.9 Å². The fourth-order valence-electron chi connectivity index (χ4n) is 5.95. The summed E-state index contributed by atoms with van der Waals surface area (Å²) < 4.78 is 68.2. The van der Waals surface area contributed by atoms with Crippen LogP contribution in [0.4, 0.5) is 27.8 Å². The molecule has 3 aliphatic rings. The number of anilines is 1. The number of amides is 2. The summed E-state index contributed by atoms with van der Waals surface area (Å²) in [6.07, 6.45) is -3.01. The number of alkyl halides is 5. The van der Waals surface area contributed by atoms with Gasteiger partial charge in [-0.05, 0) is 64.4 Å². The number of aliphatic hydroxyl groups excluding tert-OH is 1. The Balaban J connectivity index is 1.65. The van der Waals surface area contributed by atoms with Gasteiger partial charge in [0, 0.05) is 35.4 Å². The zero-order valence-corrected chi connectivity index (χ0v) is 23.6. The van der Waals surface area contributed by atoms with Crippen LogP contribution in [0.3, 0.4) is 0 Å². The van der Waals surface area contributed by atoms with E-state index >= 15 is 0 Å². The van der Waals surface area contributed by atoms with Crippen LogP contribution >= 0.6 is 12.2 Å². The van der Waals surface area contributed by atoms with Crippen molar-refractivity contribution in [3.05, 3.63) is 23.4 Å². The lowest BCUT2D eigenvalue weighted by atomic mass is 10.0. The molecule has 0 spiro atoms. The maximum atomic E-state index is 14.2. The van der Waals surface area contributed by atoms with Crippen molar-refractivity contribution in [1.82, 2.24) is 15.2 Å². The minimum Gasteiger partial charge on any atom is -0.393 e. The molecule has 3 N–H and O–H groups in total. The molecule has 41 heavy (non-hydrogen) atoms. The Morgan fingerprint density at radius 2 is 1.80 bits per heavy atom. The predicted octanol–water partition coefficient (Wildman–Crippen LogP) is 4.50. The second kappa shape index (κ2) is 12.6. The third-order valence-electron chi connectivity index (χ3n) is 8.14. The molecule has 3 heterocycles. The zero-order valence-electron chi connectivity index (χ0n) is 22.8. The molecule has 8 nitrogen and oxygen atoms in total. The molecule has 2 aliphatic heterocycles. The van der Waals surface area contributed by atoms with E-state index in [1.165, 1.54) is 13.8 Å². The number of nitrogens with zero attached hydrogens (tertiary/aromatic N) is 3. The van der Waals surface area contributed by atoms with Crippen molar-refractivity contribution in [3.8, 4) is 0 Å². The Labute approximate surface area is 240 Å². The normalized spacial score (nSPS) is 25.9. The number of hydrogen-bond donors (Lipinski definition) is 3. The quantitative estimate of drug-likeness (QED) is 0.157. The summed E-state index contributed by atoms with van der Waals surface area (Å²) in [6.45, 7) is 2.69. The number of fused-ring (bicyclic) bond motifs is 2. The highest BCUT2D eigenvalue weighted by molar-refractivity contribution is 7.81. The van der Waals surface area contributed by atoms with E-state index in [0.717, 1.165) is 37.9 Å². The van der Waals surface area contributed by atoms with Crippen LogP contribution in [0, 0.1) is 0 Å². The van der Waals surface area contributed by atoms with E-state index < -0.39 is 54.0 Å². The SMILES string of the molecule is CC[C@H](Nc1cc(C(F)F)c(C(=S)C(/N=C(\C)C(=O)N[C@@H]2CC[C@@H](O)C2)C(=O)N2C3CCC2CC3)cn1)C(F)(F)F. The number of nitrogens with one attached hydrogen (secondary N) is 2. The first kappa shape index (κ1) is 31.2. The van der Waals surface area contributed by atoms with E-state index in [1.54, 1.807) is 4.90 Å². The lowest BCUT2D eigenvalue weighted by Crippen LogP contribution is -2.46. The van der Waals surface area contributed by atoms with Gasteiger partial charge in [0.15, 0.2) is 6.04 Å². The first-order valence-electron chi connectivity index (χ1n) is 13.8. The van der Waals surface area contributed by atoms with Crippen molar-refractivity contribution in [2.45, 2.75) is 114 Å². The monoisotopic (exact) mass is 603 g/mol. The molecule has 1 unspecified atom stereocenters. The second-order valence-electron chi connectivity index (χ2n) is 10.9. The van der Waals surface area contributed by atoms with E-state index in [-0.39, 0.29) is 40.7 Å². The number of aliphatic hydroxyl groups is 1. The first-order valence-corrected chi connectivity index (χ1v) is 14.2. The Bertz CT molecular complexity index is 1180. The van der Waals surface area contributed by atoms with Crippen molar-refractivity contribution < 1.29 is 36.6 Å². The Hall–Kier alpha value is -2.74. The van der Waals surface area contributed by atoms with Gasteiger partial charge in [-0.3, -0.25) is 14.6 Å². The maximum absolute atomic E-state index is 14.2. The van der Waals surface area contributed by atoms with Gasteiger partial charge in [-0.15, -0.1) is 0 Å². The largest absolute Gasteiger partial charge is 0.408 e. The number of pyridine rings is 1. The first-order chi connectivity index (χ1) is 19.3. The molecule has 4 atom stereocenters. The van der Waals surface area contributed by atoms with Crippen molar-refractivity contribution in [1.29, 1.82) is 0 Å². The molecule has 1 aliphatic carbocycles. The van der Waals surface area contributed by atoms with Crippen LogP contribution in [0.5, 0.6) is 0 Å². The van der Waals surface area contributed by atoms with Gasteiger partial charge in [-0.1, -0.05) is 19.1 Å². The van der Waals surface area contributed by atoms with Crippen LogP contribution in [-0.2, 0) is 9.59 Å². The van der Waals surface area contributed by atoms with E-state index in [1.807, 2.05) is 0 Å². The molecule has 1 saturated carbocycles. The summed E-state index contributed by atoms with van der Waals surface area (Å²) in [5, 5.41) is 14.7. The average Bonchev–Trinajstić information content (AvgIpc) is 3.64. The number of halogens is 5. The molecule has 2 amide bonds. The van der Waals surface area contributed by atoms with Crippen LogP contribution in [0.1, 0.15) is 82.8 Å². The molecule has 1 aromatic rings. The molecule has 2 saturated heterocycles. The summed E-state index contributed by atoms with van der Waals surface area (Å²) in [6, 6.07) is -3.01. The van der Waals surface area contributed by atoms with Crippen molar-refractivity contribution in [2.24, 2.45) is 4.99 Å². The standard InChI is InChI=1S/C27H34F5N5O3S/c1-3-20(27(30,31)32)36-21-11-18(24(28)29)19(12-33-21)23(41)22(26(40)37-15-5-6-16(37)8-7-15)34-13(2)25(39)35-14-4-9-17(38)10-14/h11-12,14-17,20,22,24,38H,3-10H2,1-2H3,(H,33,36)(H,35,39)/b34-13+/t14-,15?,16?,17-,20+,22?/m1/s1. The maximum Gasteiger partial charge on any atom is 0.408 e. The summed E-state index contributed by atoms with van der Waals surface area (Å²) in [5.41, 5.74) is -1.07. The molecular weight excluding hydrogens is 569 g/mol. The minimum atomic E-state index is -4.62. The number of thiocarbonyl (C=S) groups is 1. The highest BCUT2D eigenvalue weighted by Crippen LogP contribution is 2.39. The number of aliphatic imine (C=N–C) groups is 1. The van der Waals surface area contributed by atoms with Crippen LogP contribution in [0.2, 0.25) is 0 Å². The predicted molar refractivity (Wildman–Crippen MR) is 146 cm³/mol. The van der Waals surface area contributed by atoms with Crippen LogP contribution < -0.4 is 10.6 Å². The molecule has 2 bridgehead atoms. The second-order valence-corrected chi connectivity index (χ2v) is 11.4. The molecule has 0 radical (unpaired) electrons. The molecule has 226 valence electrons. The number of rotatable bonds is 10. The van der Waals surface area contributed by atoms with Gasteiger partial charge in [0.25, 0.3) is 18.2 Å². The lowest BCUT2D eigenvalue weighted by molar-refractivity contribution is -0.143. The highest BCUT2D eigenvalue weighted by Gasteiger charge is 2.45. The van der Waals surface area contributed by atoms with Crippen molar-refractivity contribution in [3.63, 3.8) is 0 Å². The van der Waals surface area contributed by atoms with Crippen LogP contribution in [0.25, 0.3) is 0 Å². The number of aromatic nitrogens is 1. The third-order valence-corrected chi connectivity index (χ3v) is 8.59. The zero-order chi connectivity index (χ0) is 30.1. The van der Waals surface area contributed by atoms with E-state index in [0.29, 0.717) is 19.3 Å². The fourth-order valence-corrected chi connectivity index (χ4v) is 6.27. The summed E-state index contributed by atoms with van der Waals surface area (Å²) in [5.74, 6) is -1.48. The molecular formula is C27H34F5N5O3S. The topological polar surface area (TPSA) is 107 Å². The molecule has 3 fully saturated rings. The Morgan fingerprint density at radius 3 is 2.32 bits per heavy atom. The fraction of sp³-hybridized carbons (Fsp3) is 0.667. The smallest absolute Gasteiger partial charge is 0.393 e. The van der Waals surface area contributed by atoms with E-state index in [9.17, 15) is 36.6 Å². The van der Waals surface area contributed by atoms with Gasteiger partial charge in [-0.2, -0.15) is 13.2 Å². The Kier molecular flexibility index (Phi) is 9.62. The summed E-state index contributed by atoms with van der Waals surface area (Å²) in [7, 11) is 0. The number of carbonyl (C=O) groups excluding carboxylic acids is 2. The molecule has 1 aromatic heterocycles. The highest BCUT2D eigenvalue weighted by atomic mass is 32.1. The van der Waals surface area contributed by atoms with E-state index in [4.69, 9.17) is 12.2 Å². The van der Waals surface area contributed by atoms with Crippen molar-refractivity contribution in [2.75, 3.05) is 5.32 Å². The number of hydrogen-bond acceptors (Lipinski definition) is 7. The van der Waals surface area contributed by atoms with Crippen molar-refractivity contribution >= 4 is 40.4 Å². The summed E-state index contributed by atoms with van der Waals surface area (Å²) in [4.78, 5) is 36.4. The third kappa shape index (κ3) is 7.02. The molecule has 0 aromatic carbocycles. The minimum absolute atomic E-state index is 0.0327. The van der Waals surface area contributed by atoms with Crippen LogP contribution in [0.15, 0.2) is 17.3 Å². The molecule has 14 heteroatoms.